The number of urea groups is 1. The van der Waals surface area contributed by atoms with E-state index in [0.717, 1.165) is 62.5 Å². The number of nitrogens with zero attached hydrogens (tertiary/aromatic N) is 3. The number of amides is 4. The average Bonchev–Trinajstić information content (AvgIpc) is 3.27. The zero-order valence-corrected chi connectivity index (χ0v) is 29.3. The van der Waals surface area contributed by atoms with Crippen molar-refractivity contribution in [2.75, 3.05) is 56.9 Å². The second-order valence-electron chi connectivity index (χ2n) is 14.0. The van der Waals surface area contributed by atoms with Crippen molar-refractivity contribution in [2.24, 2.45) is 17.8 Å². The van der Waals surface area contributed by atoms with Crippen LogP contribution in [0.3, 0.4) is 0 Å². The maximum atomic E-state index is 14.1. The Morgan fingerprint density at radius 3 is 2.27 bits per heavy atom. The van der Waals surface area contributed by atoms with Gasteiger partial charge in [0.05, 0.1) is 17.2 Å². The topological polar surface area (TPSA) is 111 Å². The fourth-order valence-electron chi connectivity index (χ4n) is 8.23. The first-order valence-corrected chi connectivity index (χ1v) is 18.3. The number of para-hydroxylation sites is 1. The lowest BCUT2D eigenvalue weighted by Crippen LogP contribution is -2.50. The molecule has 4 amide bonds. The highest BCUT2D eigenvalue weighted by Crippen LogP contribution is 2.39. The second kappa shape index (κ2) is 15.3. The lowest BCUT2D eigenvalue weighted by Gasteiger charge is -2.40. The van der Waals surface area contributed by atoms with Crippen molar-refractivity contribution >= 4 is 45.2 Å². The number of anilines is 2. The quantitative estimate of drug-likeness (QED) is 0.305. The summed E-state index contributed by atoms with van der Waals surface area (Å²) in [5.74, 6) is -0.000987. The summed E-state index contributed by atoms with van der Waals surface area (Å²) in [4.78, 5) is 46.4. The first-order chi connectivity index (χ1) is 23.5. The van der Waals surface area contributed by atoms with E-state index >= 15 is 0 Å². The van der Waals surface area contributed by atoms with Crippen molar-refractivity contribution < 1.29 is 27.6 Å². The molecule has 0 spiro atoms. The number of rotatable bonds is 7. The third-order valence-corrected chi connectivity index (χ3v) is 11.7. The third kappa shape index (κ3) is 8.36. The molecule has 2 aromatic carbocycles. The van der Waals surface area contributed by atoms with Crippen LogP contribution in [0.25, 0.3) is 0 Å². The van der Waals surface area contributed by atoms with Gasteiger partial charge in [-0.2, -0.15) is 13.2 Å². The smallest absolute Gasteiger partial charge is 0.397 e. The predicted molar refractivity (Wildman–Crippen MR) is 186 cm³/mol. The SMILES string of the molecule is Nc1c(Br)cc(CC(CC(=O)N2CCC(N3CCc4ccccc4NC3=O)CC2)C(=O)N2CCC(C3CCNCC3)CC2)cc1C(F)(F)F. The molecule has 9 nitrogen and oxygen atoms in total. The first-order valence-electron chi connectivity index (χ1n) is 17.6. The number of carbonyl (C=O) groups is 3. The molecule has 6 rings (SSSR count). The number of halogens is 4. The Hall–Kier alpha value is -3.32. The summed E-state index contributed by atoms with van der Waals surface area (Å²) in [5.41, 5.74) is 6.62. The zero-order chi connectivity index (χ0) is 34.7. The number of benzene rings is 2. The van der Waals surface area contributed by atoms with Crippen molar-refractivity contribution in [1.29, 1.82) is 0 Å². The third-order valence-electron chi connectivity index (χ3n) is 11.0. The number of nitrogen functional groups attached to an aromatic ring is 1. The van der Waals surface area contributed by atoms with Crippen molar-refractivity contribution in [1.82, 2.24) is 20.0 Å². The molecule has 13 heteroatoms. The van der Waals surface area contributed by atoms with Gasteiger partial charge in [0.25, 0.3) is 0 Å². The average molecular weight is 748 g/mol. The first kappa shape index (κ1) is 35.5. The van der Waals surface area contributed by atoms with E-state index in [1.807, 2.05) is 34.1 Å². The van der Waals surface area contributed by atoms with Crippen LogP contribution in [-0.2, 0) is 28.6 Å². The molecule has 1 atom stereocenters. The standard InChI is InChI=1S/C36H46BrF3N6O3/c37-30-21-23(20-29(33(30)41)36(38,39)40)19-27(34(48)45-14-7-25(8-15-45)24-5-12-42-13-6-24)22-32(47)44-16-10-28(11-17-44)46-18-9-26-3-1-2-4-31(26)43-35(46)49/h1-4,20-21,24-25,27-28,42H,5-19,22,41H2,(H,43,49). The van der Waals surface area contributed by atoms with Gasteiger partial charge in [0.1, 0.15) is 0 Å². The molecule has 266 valence electrons. The fourth-order valence-corrected chi connectivity index (χ4v) is 8.74. The number of piperidine rings is 3. The van der Waals surface area contributed by atoms with Gasteiger partial charge < -0.3 is 31.1 Å². The highest BCUT2D eigenvalue weighted by molar-refractivity contribution is 9.10. The molecular weight excluding hydrogens is 701 g/mol. The molecule has 0 saturated carbocycles. The molecule has 1 unspecified atom stereocenters. The summed E-state index contributed by atoms with van der Waals surface area (Å²) >= 11 is 3.17. The van der Waals surface area contributed by atoms with Crippen LogP contribution in [0.4, 0.5) is 29.3 Å². The van der Waals surface area contributed by atoms with Crippen LogP contribution in [0.1, 0.15) is 61.6 Å². The van der Waals surface area contributed by atoms with Gasteiger partial charge in [-0.05, 0) is 122 Å². The van der Waals surface area contributed by atoms with Gasteiger partial charge in [-0.3, -0.25) is 9.59 Å². The van der Waals surface area contributed by atoms with Gasteiger partial charge in [0.15, 0.2) is 0 Å². The van der Waals surface area contributed by atoms with Gasteiger partial charge >= 0.3 is 12.2 Å². The van der Waals surface area contributed by atoms with Crippen LogP contribution in [0, 0.1) is 17.8 Å². The molecule has 0 bridgehead atoms. The fraction of sp³-hybridized carbons (Fsp3) is 0.583. The Bertz CT molecular complexity index is 1520. The minimum absolute atomic E-state index is 0.00820. The van der Waals surface area contributed by atoms with Crippen molar-refractivity contribution in [2.45, 2.75) is 70.0 Å². The number of carbonyl (C=O) groups excluding carboxylic acids is 3. The molecule has 4 N–H and O–H groups in total. The number of nitrogens with one attached hydrogen (secondary N) is 2. The summed E-state index contributed by atoms with van der Waals surface area (Å²) < 4.78 is 41.7. The van der Waals surface area contributed by atoms with E-state index in [1.165, 1.54) is 6.07 Å². The van der Waals surface area contributed by atoms with Crippen LogP contribution in [0.2, 0.25) is 0 Å². The Balaban J connectivity index is 1.12. The Kier molecular flexibility index (Phi) is 11.1. The number of alkyl halides is 3. The number of hydrogen-bond donors (Lipinski definition) is 3. The summed E-state index contributed by atoms with van der Waals surface area (Å²) in [6.45, 7) is 4.67. The van der Waals surface area contributed by atoms with E-state index < -0.39 is 23.3 Å². The van der Waals surface area contributed by atoms with E-state index in [-0.39, 0.29) is 41.2 Å². The molecule has 3 saturated heterocycles. The van der Waals surface area contributed by atoms with Crippen LogP contribution < -0.4 is 16.4 Å². The second-order valence-corrected chi connectivity index (χ2v) is 14.9. The molecule has 0 aromatic heterocycles. The van der Waals surface area contributed by atoms with Crippen molar-refractivity contribution in [3.05, 3.63) is 57.6 Å². The lowest BCUT2D eigenvalue weighted by molar-refractivity contribution is -0.143. The van der Waals surface area contributed by atoms with Crippen LogP contribution in [0.15, 0.2) is 40.9 Å². The van der Waals surface area contributed by atoms with E-state index in [0.29, 0.717) is 63.0 Å². The predicted octanol–water partition coefficient (Wildman–Crippen LogP) is 5.92. The highest BCUT2D eigenvalue weighted by atomic mass is 79.9. The Labute approximate surface area is 294 Å². The summed E-state index contributed by atoms with van der Waals surface area (Å²) in [5, 5.41) is 6.43. The maximum absolute atomic E-state index is 14.1. The molecule has 49 heavy (non-hydrogen) atoms. The largest absolute Gasteiger partial charge is 0.418 e. The van der Waals surface area contributed by atoms with Crippen LogP contribution in [-0.4, -0.2) is 84.4 Å². The van der Waals surface area contributed by atoms with Gasteiger partial charge in [-0.25, -0.2) is 4.79 Å². The van der Waals surface area contributed by atoms with Crippen LogP contribution in [0.5, 0.6) is 0 Å². The van der Waals surface area contributed by atoms with Crippen molar-refractivity contribution in [3.8, 4) is 0 Å². The molecule has 3 fully saturated rings. The van der Waals surface area contributed by atoms with E-state index in [4.69, 9.17) is 5.73 Å². The molecule has 4 aliphatic heterocycles. The Morgan fingerprint density at radius 1 is 0.918 bits per heavy atom. The maximum Gasteiger partial charge on any atom is 0.418 e. The van der Waals surface area contributed by atoms with E-state index in [9.17, 15) is 27.6 Å². The minimum Gasteiger partial charge on any atom is -0.397 e. The van der Waals surface area contributed by atoms with Crippen LogP contribution >= 0.6 is 15.9 Å². The zero-order valence-electron chi connectivity index (χ0n) is 27.7. The minimum atomic E-state index is -4.66. The summed E-state index contributed by atoms with van der Waals surface area (Å²) in [6, 6.07) is 10.1. The monoisotopic (exact) mass is 746 g/mol. The van der Waals surface area contributed by atoms with E-state index in [2.05, 4.69) is 26.6 Å². The molecule has 0 aliphatic carbocycles. The van der Waals surface area contributed by atoms with Gasteiger partial charge in [0, 0.05) is 55.3 Å². The Morgan fingerprint density at radius 2 is 1.57 bits per heavy atom. The highest BCUT2D eigenvalue weighted by Gasteiger charge is 2.38. The summed E-state index contributed by atoms with van der Waals surface area (Å²) in [7, 11) is 0. The van der Waals surface area contributed by atoms with Crippen molar-refractivity contribution in [3.63, 3.8) is 0 Å². The molecule has 2 aromatic rings. The summed E-state index contributed by atoms with van der Waals surface area (Å²) in [6.07, 6.45) is 1.25. The van der Waals surface area contributed by atoms with Gasteiger partial charge in [0.2, 0.25) is 11.8 Å². The molecule has 4 aliphatic rings. The number of nitrogens with two attached hydrogens (primary N) is 1. The van der Waals surface area contributed by atoms with E-state index in [1.54, 1.807) is 4.90 Å². The molecular formula is C36H46BrF3N6O3. The normalized spacial score (nSPS) is 20.8. The van der Waals surface area contributed by atoms with Gasteiger partial charge in [-0.15, -0.1) is 0 Å². The molecule has 0 radical (unpaired) electrons. The number of likely N-dealkylation sites (tertiary alicyclic amines) is 2. The lowest BCUT2D eigenvalue weighted by atomic mass is 9.79. The number of hydrogen-bond acceptors (Lipinski definition) is 5. The molecule has 4 heterocycles. The number of fused-ring (bicyclic) bond motifs is 1. The van der Waals surface area contributed by atoms with Gasteiger partial charge in [-0.1, -0.05) is 18.2 Å².